The molecule has 4 atom stereocenters. The molecule has 0 aliphatic heterocycles. The molecule has 0 saturated heterocycles. The van der Waals surface area contributed by atoms with E-state index in [-0.39, 0.29) is 5.91 Å². The Kier molecular flexibility index (Phi) is 3.68. The number of amides is 1. The molecule has 108 valence electrons. The third-order valence-corrected chi connectivity index (χ3v) is 4.77. The van der Waals surface area contributed by atoms with Crippen molar-refractivity contribution >= 4 is 5.91 Å². The quantitative estimate of drug-likeness (QED) is 0.915. The fourth-order valence-corrected chi connectivity index (χ4v) is 3.60. The molecule has 0 radical (unpaired) electrons. The number of nitrogens with one attached hydrogen (secondary N) is 1. The van der Waals surface area contributed by atoms with Crippen LogP contribution in [-0.4, -0.2) is 18.1 Å². The molecule has 1 amide bonds. The number of carbonyl (C=O) groups is 1. The van der Waals surface area contributed by atoms with Gasteiger partial charge in [0, 0.05) is 6.04 Å². The first-order valence-electron chi connectivity index (χ1n) is 7.65. The SMILES string of the molecule is Cc1ccc(O[C@@H](C)C(=O)N[C@@H]2C[C@@H]3CC[C@@H]2C3)cc1. The first-order valence-corrected chi connectivity index (χ1v) is 7.65. The lowest BCUT2D eigenvalue weighted by atomic mass is 9.95. The molecule has 0 heterocycles. The lowest BCUT2D eigenvalue weighted by molar-refractivity contribution is -0.128. The monoisotopic (exact) mass is 273 g/mol. The third-order valence-electron chi connectivity index (χ3n) is 4.77. The molecule has 3 rings (SSSR count). The molecule has 2 saturated carbocycles. The van der Waals surface area contributed by atoms with E-state index in [1.54, 1.807) is 0 Å². The predicted octanol–water partition coefficient (Wildman–Crippen LogP) is 3.07. The Morgan fingerprint density at radius 2 is 2.00 bits per heavy atom. The first kappa shape index (κ1) is 13.5. The van der Waals surface area contributed by atoms with Gasteiger partial charge >= 0.3 is 0 Å². The third kappa shape index (κ3) is 2.82. The minimum atomic E-state index is -0.433. The summed E-state index contributed by atoms with van der Waals surface area (Å²) in [5.41, 5.74) is 1.19. The van der Waals surface area contributed by atoms with Gasteiger partial charge in [-0.2, -0.15) is 0 Å². The van der Waals surface area contributed by atoms with Crippen molar-refractivity contribution in [2.45, 2.75) is 51.7 Å². The van der Waals surface area contributed by atoms with Gasteiger partial charge < -0.3 is 10.1 Å². The summed E-state index contributed by atoms with van der Waals surface area (Å²) in [6.45, 7) is 3.86. The molecule has 2 fully saturated rings. The number of hydrogen-bond donors (Lipinski definition) is 1. The zero-order valence-corrected chi connectivity index (χ0v) is 12.3. The Morgan fingerprint density at radius 1 is 1.25 bits per heavy atom. The number of fused-ring (bicyclic) bond motifs is 2. The second-order valence-corrected chi connectivity index (χ2v) is 6.36. The van der Waals surface area contributed by atoms with E-state index < -0.39 is 6.10 Å². The van der Waals surface area contributed by atoms with Gasteiger partial charge in [-0.1, -0.05) is 24.1 Å². The van der Waals surface area contributed by atoms with Crippen LogP contribution < -0.4 is 10.1 Å². The van der Waals surface area contributed by atoms with Gasteiger partial charge in [0.25, 0.3) is 5.91 Å². The molecule has 1 aromatic rings. The van der Waals surface area contributed by atoms with E-state index in [2.05, 4.69) is 5.32 Å². The van der Waals surface area contributed by atoms with E-state index in [1.165, 1.54) is 24.8 Å². The zero-order chi connectivity index (χ0) is 14.1. The van der Waals surface area contributed by atoms with Crippen molar-refractivity contribution in [3.8, 4) is 5.75 Å². The second kappa shape index (κ2) is 5.47. The van der Waals surface area contributed by atoms with Crippen LogP contribution in [0.1, 0.15) is 38.2 Å². The van der Waals surface area contributed by atoms with Crippen LogP contribution in [0.2, 0.25) is 0 Å². The van der Waals surface area contributed by atoms with Crippen LogP contribution in [0.5, 0.6) is 5.75 Å². The molecule has 2 aliphatic rings. The van der Waals surface area contributed by atoms with Gasteiger partial charge in [0.1, 0.15) is 5.75 Å². The lowest BCUT2D eigenvalue weighted by Crippen LogP contribution is -2.44. The molecule has 1 N–H and O–H groups in total. The summed E-state index contributed by atoms with van der Waals surface area (Å²) >= 11 is 0. The van der Waals surface area contributed by atoms with Crippen molar-refractivity contribution in [3.63, 3.8) is 0 Å². The fourth-order valence-electron chi connectivity index (χ4n) is 3.60. The Balaban J connectivity index is 1.53. The number of ether oxygens (including phenoxy) is 1. The highest BCUT2D eigenvalue weighted by molar-refractivity contribution is 5.81. The maximum Gasteiger partial charge on any atom is 0.261 e. The molecule has 1 aromatic carbocycles. The summed E-state index contributed by atoms with van der Waals surface area (Å²) in [6.07, 6.45) is 4.66. The van der Waals surface area contributed by atoms with E-state index in [4.69, 9.17) is 4.74 Å². The molecule has 3 nitrogen and oxygen atoms in total. The summed E-state index contributed by atoms with van der Waals surface area (Å²) in [6, 6.07) is 8.20. The second-order valence-electron chi connectivity index (χ2n) is 6.36. The van der Waals surface area contributed by atoms with Crippen molar-refractivity contribution in [1.82, 2.24) is 5.32 Å². The molecule has 0 unspecified atom stereocenters. The summed E-state index contributed by atoms with van der Waals surface area (Å²) in [5.74, 6) is 2.32. The summed E-state index contributed by atoms with van der Waals surface area (Å²) < 4.78 is 5.71. The van der Waals surface area contributed by atoms with Gasteiger partial charge in [0.05, 0.1) is 0 Å². The number of carbonyl (C=O) groups excluding carboxylic acids is 1. The highest BCUT2D eigenvalue weighted by Gasteiger charge is 2.40. The topological polar surface area (TPSA) is 38.3 Å². The van der Waals surface area contributed by atoms with Crippen molar-refractivity contribution in [2.75, 3.05) is 0 Å². The van der Waals surface area contributed by atoms with Gasteiger partial charge in [0.15, 0.2) is 6.10 Å². The largest absolute Gasteiger partial charge is 0.481 e. The van der Waals surface area contributed by atoms with E-state index in [1.807, 2.05) is 38.1 Å². The number of rotatable bonds is 4. The van der Waals surface area contributed by atoms with Gasteiger partial charge in [0.2, 0.25) is 0 Å². The molecular formula is C17H23NO2. The van der Waals surface area contributed by atoms with Crippen LogP contribution in [0.3, 0.4) is 0 Å². The molecule has 2 aliphatic carbocycles. The smallest absolute Gasteiger partial charge is 0.261 e. The molecule has 20 heavy (non-hydrogen) atoms. The Hall–Kier alpha value is -1.51. The van der Waals surface area contributed by atoms with Crippen LogP contribution in [-0.2, 0) is 4.79 Å². The average Bonchev–Trinajstić information content (AvgIpc) is 3.03. The first-order chi connectivity index (χ1) is 9.61. The molecule has 0 spiro atoms. The summed E-state index contributed by atoms with van der Waals surface area (Å²) in [5, 5.41) is 3.18. The Bertz CT molecular complexity index is 482. The molecular weight excluding hydrogens is 250 g/mol. The average molecular weight is 273 g/mol. The predicted molar refractivity (Wildman–Crippen MR) is 78.6 cm³/mol. The van der Waals surface area contributed by atoms with Gasteiger partial charge in [-0.05, 0) is 57.1 Å². The van der Waals surface area contributed by atoms with E-state index in [0.29, 0.717) is 12.0 Å². The summed E-state index contributed by atoms with van der Waals surface area (Å²) in [7, 11) is 0. The maximum absolute atomic E-state index is 12.2. The standard InChI is InChI=1S/C17H23NO2/c1-11-3-7-15(8-4-11)20-12(2)17(19)18-16-10-13-5-6-14(16)9-13/h3-4,7-8,12-14,16H,5-6,9-10H2,1-2H3,(H,18,19)/t12-,13+,14+,16+/m0/s1. The van der Waals surface area contributed by atoms with Gasteiger partial charge in [-0.15, -0.1) is 0 Å². The Labute approximate surface area is 120 Å². The maximum atomic E-state index is 12.2. The van der Waals surface area contributed by atoms with Crippen molar-refractivity contribution in [1.29, 1.82) is 0 Å². The number of hydrogen-bond acceptors (Lipinski definition) is 2. The van der Waals surface area contributed by atoms with Crippen LogP contribution in [0, 0.1) is 18.8 Å². The normalized spacial score (nSPS) is 29.2. The van der Waals surface area contributed by atoms with Crippen LogP contribution >= 0.6 is 0 Å². The van der Waals surface area contributed by atoms with Gasteiger partial charge in [-0.25, -0.2) is 0 Å². The van der Waals surface area contributed by atoms with Crippen molar-refractivity contribution < 1.29 is 9.53 Å². The minimum absolute atomic E-state index is 0.0168. The lowest BCUT2D eigenvalue weighted by Gasteiger charge is -2.24. The van der Waals surface area contributed by atoms with Crippen LogP contribution in [0.15, 0.2) is 24.3 Å². The van der Waals surface area contributed by atoms with Crippen LogP contribution in [0.25, 0.3) is 0 Å². The number of aryl methyl sites for hydroxylation is 1. The molecule has 0 aromatic heterocycles. The Morgan fingerprint density at radius 3 is 2.60 bits per heavy atom. The minimum Gasteiger partial charge on any atom is -0.481 e. The van der Waals surface area contributed by atoms with Crippen molar-refractivity contribution in [3.05, 3.63) is 29.8 Å². The zero-order valence-electron chi connectivity index (χ0n) is 12.3. The number of benzene rings is 1. The van der Waals surface area contributed by atoms with E-state index in [0.717, 1.165) is 18.1 Å². The van der Waals surface area contributed by atoms with E-state index in [9.17, 15) is 4.79 Å². The fraction of sp³-hybridized carbons (Fsp3) is 0.588. The highest BCUT2D eigenvalue weighted by Crippen LogP contribution is 2.44. The molecule has 2 bridgehead atoms. The van der Waals surface area contributed by atoms with Gasteiger partial charge in [-0.3, -0.25) is 4.79 Å². The summed E-state index contributed by atoms with van der Waals surface area (Å²) in [4.78, 5) is 12.2. The van der Waals surface area contributed by atoms with Crippen molar-refractivity contribution in [2.24, 2.45) is 11.8 Å². The van der Waals surface area contributed by atoms with Crippen LogP contribution in [0.4, 0.5) is 0 Å². The van der Waals surface area contributed by atoms with E-state index >= 15 is 0 Å². The highest BCUT2D eigenvalue weighted by atomic mass is 16.5. The molecule has 3 heteroatoms.